The number of ether oxygens (including phenoxy) is 1. The number of alkyl halides is 3. The second kappa shape index (κ2) is 8.67. The number of nitrogens with zero attached hydrogens (tertiary/aromatic N) is 1. The number of hydrogen-bond donors (Lipinski definition) is 2. The van der Waals surface area contributed by atoms with E-state index in [1.807, 2.05) is 31.2 Å². The van der Waals surface area contributed by atoms with Crippen LogP contribution in [-0.4, -0.2) is 22.8 Å². The van der Waals surface area contributed by atoms with E-state index in [4.69, 9.17) is 12.2 Å². The summed E-state index contributed by atoms with van der Waals surface area (Å²) >= 11 is 5.12. The number of rotatable bonds is 6. The van der Waals surface area contributed by atoms with Gasteiger partial charge in [0.2, 0.25) is 0 Å². The summed E-state index contributed by atoms with van der Waals surface area (Å²) in [5.74, 6) is -0.287. The Balaban J connectivity index is 2.04. The third kappa shape index (κ3) is 7.10. The smallest absolute Gasteiger partial charge is 0.422 e. The van der Waals surface area contributed by atoms with E-state index in [0.717, 1.165) is 23.3 Å². The van der Waals surface area contributed by atoms with Crippen LogP contribution in [0.4, 0.5) is 24.5 Å². The van der Waals surface area contributed by atoms with Crippen LogP contribution in [0.5, 0.6) is 5.75 Å². The quantitative estimate of drug-likeness (QED) is 0.428. The van der Waals surface area contributed by atoms with Gasteiger partial charge in [0, 0.05) is 18.7 Å². The van der Waals surface area contributed by atoms with Crippen LogP contribution in [0.25, 0.3) is 0 Å². The van der Waals surface area contributed by atoms with Crippen molar-refractivity contribution in [3.05, 3.63) is 63.7 Å². The number of nitro groups is 1. The van der Waals surface area contributed by atoms with Crippen LogP contribution in [-0.2, 0) is 6.54 Å². The van der Waals surface area contributed by atoms with Crippen molar-refractivity contribution in [1.82, 2.24) is 5.32 Å². The van der Waals surface area contributed by atoms with E-state index in [2.05, 4.69) is 15.4 Å². The van der Waals surface area contributed by atoms with Crippen LogP contribution in [0.3, 0.4) is 0 Å². The Morgan fingerprint density at radius 1 is 1.22 bits per heavy atom. The molecule has 0 amide bonds. The van der Waals surface area contributed by atoms with Gasteiger partial charge in [-0.3, -0.25) is 10.1 Å². The van der Waals surface area contributed by atoms with Gasteiger partial charge in [-0.05, 0) is 24.7 Å². The van der Waals surface area contributed by atoms with Crippen molar-refractivity contribution >= 4 is 28.7 Å². The van der Waals surface area contributed by atoms with Gasteiger partial charge in [-0.25, -0.2) is 0 Å². The first kappa shape index (κ1) is 20.4. The zero-order valence-electron chi connectivity index (χ0n) is 14.2. The highest BCUT2D eigenvalue weighted by Gasteiger charge is 2.28. The van der Waals surface area contributed by atoms with Gasteiger partial charge < -0.3 is 15.4 Å². The minimum Gasteiger partial charge on any atom is -0.484 e. The summed E-state index contributed by atoms with van der Waals surface area (Å²) < 4.78 is 41.5. The summed E-state index contributed by atoms with van der Waals surface area (Å²) in [6, 6.07) is 11.0. The normalized spacial score (nSPS) is 11.0. The third-order valence-corrected chi connectivity index (χ3v) is 3.58. The Bertz CT molecular complexity index is 826. The number of aryl methyl sites for hydroxylation is 1. The van der Waals surface area contributed by atoms with Crippen LogP contribution in [0.1, 0.15) is 11.1 Å². The summed E-state index contributed by atoms with van der Waals surface area (Å²) in [5, 5.41) is 16.8. The minimum absolute atomic E-state index is 0.141. The fourth-order valence-electron chi connectivity index (χ4n) is 2.07. The highest BCUT2D eigenvalue weighted by molar-refractivity contribution is 7.80. The van der Waals surface area contributed by atoms with Gasteiger partial charge in [0.05, 0.1) is 16.7 Å². The maximum atomic E-state index is 12.3. The molecule has 0 spiro atoms. The van der Waals surface area contributed by atoms with Crippen molar-refractivity contribution in [2.24, 2.45) is 0 Å². The lowest BCUT2D eigenvalue weighted by molar-refractivity contribution is -0.384. The number of halogens is 3. The lowest BCUT2D eigenvalue weighted by atomic mass is 10.1. The molecule has 10 heteroatoms. The van der Waals surface area contributed by atoms with Crippen molar-refractivity contribution < 1.29 is 22.8 Å². The SMILES string of the molecule is Cc1ccc(CNC(=S)Nc2cc(OCC(F)(F)F)cc([N+](=O)[O-])c2)cc1. The van der Waals surface area contributed by atoms with E-state index in [1.165, 1.54) is 6.07 Å². The molecule has 0 heterocycles. The number of benzene rings is 2. The first-order valence-electron chi connectivity index (χ1n) is 7.72. The third-order valence-electron chi connectivity index (χ3n) is 3.34. The molecule has 2 aromatic rings. The highest BCUT2D eigenvalue weighted by Crippen LogP contribution is 2.27. The summed E-state index contributed by atoms with van der Waals surface area (Å²) in [5.41, 5.74) is 1.81. The molecule has 0 aromatic heterocycles. The Labute approximate surface area is 158 Å². The number of nitrogens with one attached hydrogen (secondary N) is 2. The Kier molecular flexibility index (Phi) is 6.56. The van der Waals surface area contributed by atoms with Gasteiger partial charge in [0.15, 0.2) is 11.7 Å². The summed E-state index contributed by atoms with van der Waals surface area (Å²) in [7, 11) is 0. The first-order chi connectivity index (χ1) is 12.6. The van der Waals surface area contributed by atoms with E-state index in [0.29, 0.717) is 6.54 Å². The molecule has 0 aliphatic heterocycles. The zero-order valence-corrected chi connectivity index (χ0v) is 15.0. The molecule has 0 fully saturated rings. The molecule has 0 atom stereocenters. The predicted molar refractivity (Wildman–Crippen MR) is 98.9 cm³/mol. The van der Waals surface area contributed by atoms with Gasteiger partial charge in [-0.1, -0.05) is 29.8 Å². The maximum Gasteiger partial charge on any atom is 0.422 e. The summed E-state index contributed by atoms with van der Waals surface area (Å²) in [6.07, 6.45) is -4.55. The Morgan fingerprint density at radius 2 is 1.89 bits per heavy atom. The maximum absolute atomic E-state index is 12.3. The van der Waals surface area contributed by atoms with Gasteiger partial charge in [-0.15, -0.1) is 0 Å². The van der Waals surface area contributed by atoms with Crippen molar-refractivity contribution in [2.45, 2.75) is 19.6 Å². The monoisotopic (exact) mass is 399 g/mol. The number of nitro benzene ring substituents is 1. The van der Waals surface area contributed by atoms with Crippen molar-refractivity contribution in [3.8, 4) is 5.75 Å². The van der Waals surface area contributed by atoms with Gasteiger partial charge in [0.1, 0.15) is 5.75 Å². The molecule has 2 N–H and O–H groups in total. The molecular weight excluding hydrogens is 383 g/mol. The van der Waals surface area contributed by atoms with E-state index in [9.17, 15) is 23.3 Å². The van der Waals surface area contributed by atoms with E-state index < -0.39 is 23.4 Å². The fraction of sp³-hybridized carbons (Fsp3) is 0.235. The number of non-ortho nitro benzene ring substituents is 1. The second-order valence-electron chi connectivity index (χ2n) is 5.67. The predicted octanol–water partition coefficient (Wildman–Crippen LogP) is 4.33. The second-order valence-corrected chi connectivity index (χ2v) is 6.08. The summed E-state index contributed by atoms with van der Waals surface area (Å²) in [4.78, 5) is 10.3. The average molecular weight is 399 g/mol. The number of anilines is 1. The van der Waals surface area contributed by atoms with Crippen molar-refractivity contribution in [2.75, 3.05) is 11.9 Å². The molecule has 144 valence electrons. The number of hydrogen-bond acceptors (Lipinski definition) is 4. The topological polar surface area (TPSA) is 76.4 Å². The van der Waals surface area contributed by atoms with Crippen LogP contribution in [0.2, 0.25) is 0 Å². The molecule has 0 aliphatic rings. The molecule has 6 nitrogen and oxygen atoms in total. The van der Waals surface area contributed by atoms with E-state index >= 15 is 0 Å². The van der Waals surface area contributed by atoms with Gasteiger partial charge in [-0.2, -0.15) is 13.2 Å². The molecule has 2 aromatic carbocycles. The van der Waals surface area contributed by atoms with Gasteiger partial charge in [0.25, 0.3) is 5.69 Å². The van der Waals surface area contributed by atoms with E-state index in [-0.39, 0.29) is 16.5 Å². The molecule has 0 radical (unpaired) electrons. The van der Waals surface area contributed by atoms with Crippen LogP contribution < -0.4 is 15.4 Å². The fourth-order valence-corrected chi connectivity index (χ4v) is 2.26. The number of thiocarbonyl (C=S) groups is 1. The Hall–Kier alpha value is -2.88. The van der Waals surface area contributed by atoms with Crippen LogP contribution in [0.15, 0.2) is 42.5 Å². The molecule has 0 saturated carbocycles. The van der Waals surface area contributed by atoms with Crippen LogP contribution >= 0.6 is 12.2 Å². The van der Waals surface area contributed by atoms with Gasteiger partial charge >= 0.3 is 6.18 Å². The largest absolute Gasteiger partial charge is 0.484 e. The minimum atomic E-state index is -4.55. The molecular formula is C17H16F3N3O3S. The highest BCUT2D eigenvalue weighted by atomic mass is 32.1. The lowest BCUT2D eigenvalue weighted by Gasteiger charge is -2.13. The molecule has 0 aliphatic carbocycles. The summed E-state index contributed by atoms with van der Waals surface area (Å²) in [6.45, 7) is 0.826. The zero-order chi connectivity index (χ0) is 20.0. The van der Waals surface area contributed by atoms with Crippen molar-refractivity contribution in [3.63, 3.8) is 0 Å². The first-order valence-corrected chi connectivity index (χ1v) is 8.12. The van der Waals surface area contributed by atoms with Crippen molar-refractivity contribution in [1.29, 1.82) is 0 Å². The lowest BCUT2D eigenvalue weighted by Crippen LogP contribution is -2.28. The molecule has 2 rings (SSSR count). The average Bonchev–Trinajstić information content (AvgIpc) is 2.58. The molecule has 0 unspecified atom stereocenters. The van der Waals surface area contributed by atoms with Crippen LogP contribution in [0, 0.1) is 17.0 Å². The molecule has 27 heavy (non-hydrogen) atoms. The standard InChI is InChI=1S/C17H16F3N3O3S/c1-11-2-4-12(5-3-11)9-21-16(27)22-13-6-14(23(24)25)8-15(7-13)26-10-17(18,19)20/h2-8H,9-10H2,1H3,(H2,21,22,27). The van der Waals surface area contributed by atoms with E-state index in [1.54, 1.807) is 0 Å². The molecule has 0 saturated heterocycles. The molecule has 0 bridgehead atoms. The Morgan fingerprint density at radius 3 is 2.48 bits per heavy atom.